The molecule has 3 rings (SSSR count). The van der Waals surface area contributed by atoms with Gasteiger partial charge in [0.2, 0.25) is 5.88 Å². The predicted octanol–water partition coefficient (Wildman–Crippen LogP) is 4.28. The van der Waals surface area contributed by atoms with Crippen LogP contribution in [0.3, 0.4) is 0 Å². The first-order chi connectivity index (χ1) is 11.0. The number of hydrogen-bond acceptors (Lipinski definition) is 4. The first-order valence-corrected chi connectivity index (χ1v) is 7.49. The minimum Gasteiger partial charge on any atom is -0.507 e. The SMILES string of the molecule is Cn1c(O)c(N=NC(=O)c2cc(Br)ccc2O)c2ccccc21. The van der Waals surface area contributed by atoms with Crippen LogP contribution in [0.4, 0.5) is 5.69 Å². The molecule has 1 heterocycles. The number of hydrogen-bond donors (Lipinski definition) is 2. The van der Waals surface area contributed by atoms with E-state index < -0.39 is 5.91 Å². The van der Waals surface area contributed by atoms with E-state index in [0.29, 0.717) is 9.86 Å². The standard InChI is InChI=1S/C16H12BrN3O3/c1-20-12-5-3-2-4-10(12)14(16(20)23)18-19-15(22)11-8-9(17)6-7-13(11)21/h2-8,21,23H,1H3. The molecular formula is C16H12BrN3O3. The largest absolute Gasteiger partial charge is 0.507 e. The van der Waals surface area contributed by atoms with Crippen molar-refractivity contribution in [1.29, 1.82) is 0 Å². The summed E-state index contributed by atoms with van der Waals surface area (Å²) < 4.78 is 2.20. The summed E-state index contributed by atoms with van der Waals surface area (Å²) in [5, 5.41) is 28.1. The number of benzene rings is 2. The Balaban J connectivity index is 2.02. The molecular weight excluding hydrogens is 362 g/mol. The molecule has 0 bridgehead atoms. The van der Waals surface area contributed by atoms with Gasteiger partial charge in [0.15, 0.2) is 5.69 Å². The first-order valence-electron chi connectivity index (χ1n) is 6.70. The van der Waals surface area contributed by atoms with Gasteiger partial charge in [0.05, 0.1) is 11.1 Å². The van der Waals surface area contributed by atoms with Crippen molar-refractivity contribution in [1.82, 2.24) is 4.57 Å². The summed E-state index contributed by atoms with van der Waals surface area (Å²) in [7, 11) is 1.69. The maximum Gasteiger partial charge on any atom is 0.299 e. The quantitative estimate of drug-likeness (QED) is 0.657. The summed E-state index contributed by atoms with van der Waals surface area (Å²) in [6.45, 7) is 0. The summed E-state index contributed by atoms with van der Waals surface area (Å²) in [5.74, 6) is -0.961. The topological polar surface area (TPSA) is 87.2 Å². The zero-order valence-electron chi connectivity index (χ0n) is 12.1. The fraction of sp³-hybridized carbons (Fsp3) is 0.0625. The number of carbonyl (C=O) groups excluding carboxylic acids is 1. The van der Waals surface area contributed by atoms with Crippen LogP contribution in [-0.2, 0) is 7.05 Å². The Hall–Kier alpha value is -2.67. The van der Waals surface area contributed by atoms with Gasteiger partial charge in [0, 0.05) is 16.9 Å². The molecule has 1 amide bonds. The summed E-state index contributed by atoms with van der Waals surface area (Å²) in [4.78, 5) is 12.1. The molecule has 23 heavy (non-hydrogen) atoms. The molecule has 0 aliphatic rings. The molecule has 0 aliphatic heterocycles. The van der Waals surface area contributed by atoms with Crippen LogP contribution in [0.1, 0.15) is 10.4 Å². The van der Waals surface area contributed by atoms with Crippen molar-refractivity contribution >= 4 is 38.4 Å². The van der Waals surface area contributed by atoms with Crippen molar-refractivity contribution in [3.63, 3.8) is 0 Å². The minimum atomic E-state index is -0.698. The van der Waals surface area contributed by atoms with Gasteiger partial charge in [-0.25, -0.2) is 0 Å². The smallest absolute Gasteiger partial charge is 0.299 e. The van der Waals surface area contributed by atoms with Gasteiger partial charge < -0.3 is 14.8 Å². The molecule has 6 nitrogen and oxygen atoms in total. The van der Waals surface area contributed by atoms with Crippen LogP contribution < -0.4 is 0 Å². The number of aryl methyl sites for hydroxylation is 1. The first kappa shape index (κ1) is 15.2. The van der Waals surface area contributed by atoms with Gasteiger partial charge in [-0.1, -0.05) is 34.1 Å². The van der Waals surface area contributed by atoms with E-state index in [1.54, 1.807) is 23.7 Å². The number of nitrogens with zero attached hydrogens (tertiary/aromatic N) is 3. The van der Waals surface area contributed by atoms with Crippen LogP contribution in [0.25, 0.3) is 10.9 Å². The minimum absolute atomic E-state index is 0.0304. The molecule has 0 spiro atoms. The van der Waals surface area contributed by atoms with Crippen LogP contribution in [-0.4, -0.2) is 20.7 Å². The molecule has 3 aromatic rings. The molecule has 0 unspecified atom stereocenters. The highest BCUT2D eigenvalue weighted by Gasteiger charge is 2.15. The monoisotopic (exact) mass is 373 g/mol. The lowest BCUT2D eigenvalue weighted by atomic mass is 10.2. The summed E-state index contributed by atoms with van der Waals surface area (Å²) in [5.41, 5.74) is 1.02. The Morgan fingerprint density at radius 2 is 1.91 bits per heavy atom. The molecule has 7 heteroatoms. The van der Waals surface area contributed by atoms with Crippen molar-refractivity contribution in [3.8, 4) is 11.6 Å². The number of para-hydroxylation sites is 1. The lowest BCUT2D eigenvalue weighted by Gasteiger charge is -1.99. The Bertz CT molecular complexity index is 947. The van der Waals surface area contributed by atoms with E-state index in [1.807, 2.05) is 18.2 Å². The van der Waals surface area contributed by atoms with Gasteiger partial charge in [-0.05, 0) is 24.3 Å². The number of carbonyl (C=O) groups is 1. The molecule has 0 radical (unpaired) electrons. The molecule has 1 aromatic heterocycles. The summed E-state index contributed by atoms with van der Waals surface area (Å²) >= 11 is 3.23. The number of aromatic hydroxyl groups is 2. The Kier molecular flexibility index (Phi) is 3.87. The van der Waals surface area contributed by atoms with E-state index in [2.05, 4.69) is 26.2 Å². The van der Waals surface area contributed by atoms with Gasteiger partial charge in [0.1, 0.15) is 5.75 Å². The second-order valence-corrected chi connectivity index (χ2v) is 5.83. The normalized spacial score (nSPS) is 11.4. The average molecular weight is 374 g/mol. The van der Waals surface area contributed by atoms with Crippen LogP contribution in [0.5, 0.6) is 11.6 Å². The lowest BCUT2D eigenvalue weighted by molar-refractivity contribution is 0.0992. The van der Waals surface area contributed by atoms with Crippen molar-refractivity contribution < 1.29 is 15.0 Å². The molecule has 0 aliphatic carbocycles. The predicted molar refractivity (Wildman–Crippen MR) is 89.2 cm³/mol. The van der Waals surface area contributed by atoms with E-state index in [9.17, 15) is 15.0 Å². The van der Waals surface area contributed by atoms with Crippen molar-refractivity contribution in [2.75, 3.05) is 0 Å². The molecule has 116 valence electrons. The Labute approximate surface area is 139 Å². The summed E-state index contributed by atoms with van der Waals surface area (Å²) in [6.07, 6.45) is 0. The van der Waals surface area contributed by atoms with E-state index in [4.69, 9.17) is 0 Å². The molecule has 2 aromatic carbocycles. The molecule has 0 fully saturated rings. The van der Waals surface area contributed by atoms with Gasteiger partial charge in [-0.3, -0.25) is 4.79 Å². The number of amides is 1. The zero-order chi connectivity index (χ0) is 16.6. The van der Waals surface area contributed by atoms with E-state index in [-0.39, 0.29) is 22.9 Å². The van der Waals surface area contributed by atoms with Gasteiger partial charge in [0.25, 0.3) is 5.91 Å². The van der Waals surface area contributed by atoms with E-state index >= 15 is 0 Å². The highest BCUT2D eigenvalue weighted by atomic mass is 79.9. The third-order valence-electron chi connectivity index (χ3n) is 3.48. The Morgan fingerprint density at radius 1 is 1.17 bits per heavy atom. The molecule has 2 N–H and O–H groups in total. The van der Waals surface area contributed by atoms with Crippen LogP contribution >= 0.6 is 15.9 Å². The van der Waals surface area contributed by atoms with Crippen LogP contribution in [0.2, 0.25) is 0 Å². The number of aromatic nitrogens is 1. The highest BCUT2D eigenvalue weighted by molar-refractivity contribution is 9.10. The third-order valence-corrected chi connectivity index (χ3v) is 3.97. The van der Waals surface area contributed by atoms with Crippen molar-refractivity contribution in [2.24, 2.45) is 17.3 Å². The zero-order valence-corrected chi connectivity index (χ0v) is 13.6. The fourth-order valence-corrected chi connectivity index (χ4v) is 2.65. The number of azo groups is 1. The van der Waals surface area contributed by atoms with E-state index in [0.717, 1.165) is 5.52 Å². The maximum atomic E-state index is 12.1. The highest BCUT2D eigenvalue weighted by Crippen LogP contribution is 2.38. The Morgan fingerprint density at radius 3 is 2.70 bits per heavy atom. The number of fused-ring (bicyclic) bond motifs is 1. The van der Waals surface area contributed by atoms with Gasteiger partial charge in [-0.15, -0.1) is 10.2 Å². The van der Waals surface area contributed by atoms with Crippen molar-refractivity contribution in [3.05, 3.63) is 52.5 Å². The van der Waals surface area contributed by atoms with Crippen LogP contribution in [0.15, 0.2) is 57.2 Å². The molecule has 0 saturated carbocycles. The molecule has 0 atom stereocenters. The number of rotatable bonds is 2. The van der Waals surface area contributed by atoms with E-state index in [1.165, 1.54) is 12.1 Å². The number of phenolic OH excluding ortho intramolecular Hbond substituents is 1. The fourth-order valence-electron chi connectivity index (χ4n) is 2.29. The van der Waals surface area contributed by atoms with Crippen molar-refractivity contribution in [2.45, 2.75) is 0 Å². The van der Waals surface area contributed by atoms with Gasteiger partial charge >= 0.3 is 0 Å². The molecule has 0 saturated heterocycles. The summed E-state index contributed by atoms with van der Waals surface area (Å²) in [6, 6.07) is 11.7. The third kappa shape index (κ3) is 2.70. The maximum absolute atomic E-state index is 12.1. The number of phenols is 1. The lowest BCUT2D eigenvalue weighted by Crippen LogP contribution is -1.94. The van der Waals surface area contributed by atoms with Crippen LogP contribution in [0, 0.1) is 0 Å². The number of halogens is 1. The average Bonchev–Trinajstić information content (AvgIpc) is 2.79. The van der Waals surface area contributed by atoms with Gasteiger partial charge in [-0.2, -0.15) is 0 Å². The second-order valence-electron chi connectivity index (χ2n) is 4.92. The second kappa shape index (κ2) is 5.85.